The first-order valence-electron chi connectivity index (χ1n) is 7.72. The molecule has 0 aliphatic carbocycles. The van der Waals surface area contributed by atoms with Crippen molar-refractivity contribution in [1.82, 2.24) is 10.2 Å². The number of aromatic nitrogens is 2. The third-order valence-corrected chi connectivity index (χ3v) is 5.48. The number of rotatable bonds is 7. The van der Waals surface area contributed by atoms with Gasteiger partial charge in [-0.15, -0.1) is 10.2 Å². The van der Waals surface area contributed by atoms with Gasteiger partial charge in [0.05, 0.1) is 19.8 Å². The van der Waals surface area contributed by atoms with E-state index in [-0.39, 0.29) is 5.97 Å². The number of thioether (sulfide) groups is 1. The maximum atomic E-state index is 11.6. The second-order valence-corrected chi connectivity index (χ2v) is 7.41. The Morgan fingerprint density at radius 2 is 2.00 bits per heavy atom. The average molecular weight is 387 g/mol. The lowest BCUT2D eigenvalue weighted by Crippen LogP contribution is -2.01. The Morgan fingerprint density at radius 1 is 1.15 bits per heavy atom. The zero-order valence-corrected chi connectivity index (χ0v) is 15.9. The number of nitrogens with one attached hydrogen (secondary N) is 1. The largest absolute Gasteiger partial charge is 0.497 e. The lowest BCUT2D eigenvalue weighted by molar-refractivity contribution is 0.0600. The van der Waals surface area contributed by atoms with Gasteiger partial charge in [0, 0.05) is 17.5 Å². The highest BCUT2D eigenvalue weighted by Crippen LogP contribution is 2.30. The van der Waals surface area contributed by atoms with Crippen LogP contribution >= 0.6 is 23.1 Å². The van der Waals surface area contributed by atoms with Crippen molar-refractivity contribution in [3.05, 3.63) is 59.7 Å². The zero-order chi connectivity index (χ0) is 18.4. The number of carbonyl (C=O) groups is 1. The molecule has 0 fully saturated rings. The first-order chi connectivity index (χ1) is 12.7. The standard InChI is InChI=1S/C18H17N3O3S2/c1-23-15-8-4-7-14(10-15)19-17-20-21-18(26-17)25-11-12-5-3-6-13(9-12)16(22)24-2/h3-10H,11H2,1-2H3,(H,19,20). The van der Waals surface area contributed by atoms with Gasteiger partial charge in [0.15, 0.2) is 4.34 Å². The summed E-state index contributed by atoms with van der Waals surface area (Å²) >= 11 is 3.04. The van der Waals surface area contributed by atoms with E-state index < -0.39 is 0 Å². The van der Waals surface area contributed by atoms with Crippen LogP contribution in [0.5, 0.6) is 5.75 Å². The summed E-state index contributed by atoms with van der Waals surface area (Å²) in [6, 6.07) is 15.0. The fraction of sp³-hybridized carbons (Fsp3) is 0.167. The molecule has 0 saturated heterocycles. The van der Waals surface area contributed by atoms with Gasteiger partial charge in [0.2, 0.25) is 5.13 Å². The van der Waals surface area contributed by atoms with Crippen molar-refractivity contribution >= 4 is 39.9 Å². The third kappa shape index (κ3) is 4.74. The van der Waals surface area contributed by atoms with Gasteiger partial charge >= 0.3 is 5.97 Å². The molecule has 1 N–H and O–H groups in total. The van der Waals surface area contributed by atoms with Crippen molar-refractivity contribution in [2.24, 2.45) is 0 Å². The van der Waals surface area contributed by atoms with Crippen LogP contribution in [0, 0.1) is 0 Å². The summed E-state index contributed by atoms with van der Waals surface area (Å²) < 4.78 is 10.8. The molecule has 8 heteroatoms. The predicted octanol–water partition coefficient (Wildman–Crippen LogP) is 4.37. The smallest absolute Gasteiger partial charge is 0.337 e. The summed E-state index contributed by atoms with van der Waals surface area (Å²) in [6.07, 6.45) is 0. The molecular weight excluding hydrogens is 370 g/mol. The average Bonchev–Trinajstić information content (AvgIpc) is 3.13. The van der Waals surface area contributed by atoms with Crippen LogP contribution in [-0.4, -0.2) is 30.4 Å². The van der Waals surface area contributed by atoms with Gasteiger partial charge in [-0.1, -0.05) is 41.3 Å². The normalized spacial score (nSPS) is 10.4. The molecule has 1 heterocycles. The van der Waals surface area contributed by atoms with Gasteiger partial charge < -0.3 is 14.8 Å². The van der Waals surface area contributed by atoms with Crippen LogP contribution in [0.3, 0.4) is 0 Å². The Bertz CT molecular complexity index is 899. The van der Waals surface area contributed by atoms with E-state index in [1.54, 1.807) is 24.9 Å². The summed E-state index contributed by atoms with van der Waals surface area (Å²) in [7, 11) is 3.01. The lowest BCUT2D eigenvalue weighted by Gasteiger charge is -2.04. The van der Waals surface area contributed by atoms with E-state index in [4.69, 9.17) is 9.47 Å². The highest BCUT2D eigenvalue weighted by Gasteiger charge is 2.09. The molecule has 0 unspecified atom stereocenters. The van der Waals surface area contributed by atoms with E-state index in [0.29, 0.717) is 16.4 Å². The quantitative estimate of drug-likeness (QED) is 0.477. The molecular formula is C18H17N3O3S2. The molecule has 0 amide bonds. The second-order valence-electron chi connectivity index (χ2n) is 5.21. The molecule has 3 rings (SSSR count). The van der Waals surface area contributed by atoms with Gasteiger partial charge in [-0.2, -0.15) is 0 Å². The van der Waals surface area contributed by atoms with E-state index in [0.717, 1.165) is 21.3 Å². The zero-order valence-electron chi connectivity index (χ0n) is 14.3. The number of methoxy groups -OCH3 is 2. The van der Waals surface area contributed by atoms with Crippen molar-refractivity contribution < 1.29 is 14.3 Å². The van der Waals surface area contributed by atoms with Crippen molar-refractivity contribution in [1.29, 1.82) is 0 Å². The molecule has 134 valence electrons. The van der Waals surface area contributed by atoms with Crippen molar-refractivity contribution in [2.45, 2.75) is 10.1 Å². The molecule has 1 aromatic heterocycles. The second kappa shape index (κ2) is 8.68. The van der Waals surface area contributed by atoms with Gasteiger partial charge in [0.25, 0.3) is 0 Å². The number of carbonyl (C=O) groups excluding carboxylic acids is 1. The van der Waals surface area contributed by atoms with E-state index in [1.807, 2.05) is 42.5 Å². The number of benzene rings is 2. The summed E-state index contributed by atoms with van der Waals surface area (Å²) in [5.41, 5.74) is 2.46. The fourth-order valence-corrected chi connectivity index (χ4v) is 3.91. The monoisotopic (exact) mass is 387 g/mol. The Hall–Kier alpha value is -2.58. The summed E-state index contributed by atoms with van der Waals surface area (Å²) in [5.74, 6) is 1.13. The van der Waals surface area contributed by atoms with Crippen LogP contribution in [0.2, 0.25) is 0 Å². The van der Waals surface area contributed by atoms with Gasteiger partial charge in [-0.05, 0) is 29.8 Å². The van der Waals surface area contributed by atoms with Gasteiger partial charge in [-0.25, -0.2) is 4.79 Å². The van der Waals surface area contributed by atoms with Crippen LogP contribution in [0.1, 0.15) is 15.9 Å². The maximum Gasteiger partial charge on any atom is 0.337 e. The Kier molecular flexibility index (Phi) is 6.08. The van der Waals surface area contributed by atoms with Crippen LogP contribution in [0.25, 0.3) is 0 Å². The number of anilines is 2. The van der Waals surface area contributed by atoms with Crippen LogP contribution in [-0.2, 0) is 10.5 Å². The van der Waals surface area contributed by atoms with E-state index in [2.05, 4.69) is 15.5 Å². The molecule has 2 aromatic carbocycles. The molecule has 0 bridgehead atoms. The maximum absolute atomic E-state index is 11.6. The highest BCUT2D eigenvalue weighted by molar-refractivity contribution is 8.00. The molecule has 0 aliphatic rings. The Balaban J connectivity index is 1.61. The number of nitrogens with zero attached hydrogens (tertiary/aromatic N) is 2. The molecule has 0 spiro atoms. The van der Waals surface area contributed by atoms with Crippen molar-refractivity contribution in [3.63, 3.8) is 0 Å². The number of esters is 1. The molecule has 6 nitrogen and oxygen atoms in total. The summed E-state index contributed by atoms with van der Waals surface area (Å²) in [4.78, 5) is 11.6. The van der Waals surface area contributed by atoms with Crippen LogP contribution < -0.4 is 10.1 Å². The molecule has 3 aromatic rings. The Labute approximate surface area is 159 Å². The first kappa shape index (κ1) is 18.2. The third-order valence-electron chi connectivity index (χ3n) is 3.44. The summed E-state index contributed by atoms with van der Waals surface area (Å²) in [6.45, 7) is 0. The lowest BCUT2D eigenvalue weighted by atomic mass is 10.1. The molecule has 26 heavy (non-hydrogen) atoms. The van der Waals surface area contributed by atoms with Crippen LogP contribution in [0.4, 0.5) is 10.8 Å². The number of hydrogen-bond acceptors (Lipinski definition) is 8. The number of ether oxygens (including phenoxy) is 2. The van der Waals surface area contributed by atoms with Gasteiger partial charge in [0.1, 0.15) is 5.75 Å². The van der Waals surface area contributed by atoms with E-state index in [1.165, 1.54) is 18.4 Å². The minimum atomic E-state index is -0.336. The first-order valence-corrected chi connectivity index (χ1v) is 9.53. The van der Waals surface area contributed by atoms with Gasteiger partial charge in [-0.3, -0.25) is 0 Å². The minimum absolute atomic E-state index is 0.336. The SMILES string of the molecule is COC(=O)c1cccc(CSc2nnc(Nc3cccc(OC)c3)s2)c1. The van der Waals surface area contributed by atoms with E-state index >= 15 is 0 Å². The molecule has 0 saturated carbocycles. The van der Waals surface area contributed by atoms with Crippen LogP contribution in [0.15, 0.2) is 52.9 Å². The summed E-state index contributed by atoms with van der Waals surface area (Å²) in [5, 5.41) is 12.3. The molecule has 0 radical (unpaired) electrons. The molecule has 0 atom stereocenters. The van der Waals surface area contributed by atoms with Crippen molar-refractivity contribution in [2.75, 3.05) is 19.5 Å². The molecule has 0 aliphatic heterocycles. The topological polar surface area (TPSA) is 73.3 Å². The number of hydrogen-bond donors (Lipinski definition) is 1. The fourth-order valence-electron chi connectivity index (χ4n) is 2.19. The predicted molar refractivity (Wildman–Crippen MR) is 104 cm³/mol. The van der Waals surface area contributed by atoms with Crippen molar-refractivity contribution in [3.8, 4) is 5.75 Å². The van der Waals surface area contributed by atoms with E-state index in [9.17, 15) is 4.79 Å². The Morgan fingerprint density at radius 3 is 2.81 bits per heavy atom. The highest BCUT2D eigenvalue weighted by atomic mass is 32.2. The minimum Gasteiger partial charge on any atom is -0.497 e.